The Hall–Kier alpha value is -2.16. The third-order valence-corrected chi connectivity index (χ3v) is 3.31. The largest absolute Gasteiger partial charge is 0.769 e. The summed E-state index contributed by atoms with van der Waals surface area (Å²) >= 11 is 5.80. The maximum Gasteiger partial charge on any atom is 0.167 e. The first-order valence-electron chi connectivity index (χ1n) is 6.13. The molecular formula is C14H11ClN2O5-2. The predicted molar refractivity (Wildman–Crippen MR) is 81.2 cm³/mol. The standard InChI is InChI=1S/C14H11ClN2O5/c15-11-6-10(7-14(18)9-4-2-1-3-5-9)12(16(19)20)8-13(11)17(21)22/h1-6,8,19-20H,7H2/q-2. The summed E-state index contributed by atoms with van der Waals surface area (Å²) in [5, 5.41) is 38.8. The van der Waals surface area contributed by atoms with Gasteiger partial charge in [-0.3, -0.25) is 15.2 Å². The fourth-order valence-electron chi connectivity index (χ4n) is 1.96. The van der Waals surface area contributed by atoms with Gasteiger partial charge in [-0.2, -0.15) is 0 Å². The van der Waals surface area contributed by atoms with Gasteiger partial charge < -0.3 is 15.6 Å². The van der Waals surface area contributed by atoms with E-state index in [0.29, 0.717) is 5.56 Å². The molecule has 0 aliphatic rings. The Bertz CT molecular complexity index is 676. The van der Waals surface area contributed by atoms with Crippen molar-refractivity contribution >= 4 is 28.8 Å². The molecule has 0 heterocycles. The number of hydrogen-bond acceptors (Lipinski definition) is 7. The third-order valence-electron chi connectivity index (χ3n) is 3.01. The monoisotopic (exact) mass is 322 g/mol. The van der Waals surface area contributed by atoms with Gasteiger partial charge in [0.2, 0.25) is 0 Å². The lowest BCUT2D eigenvalue weighted by molar-refractivity contribution is 0.0287. The maximum atomic E-state index is 12.2. The van der Waals surface area contributed by atoms with Gasteiger partial charge in [-0.25, -0.2) is 0 Å². The van der Waals surface area contributed by atoms with Crippen LogP contribution in [0.5, 0.6) is 0 Å². The quantitative estimate of drug-likeness (QED) is 0.642. The first-order chi connectivity index (χ1) is 10.4. The molecule has 7 nitrogen and oxygen atoms in total. The molecule has 0 radical (unpaired) electrons. The number of benzene rings is 2. The fraction of sp³-hybridized carbons (Fsp3) is 0.0714. The summed E-state index contributed by atoms with van der Waals surface area (Å²) in [6.45, 7) is 0. The van der Waals surface area contributed by atoms with E-state index in [0.717, 1.165) is 6.07 Å². The van der Waals surface area contributed by atoms with Crippen molar-refractivity contribution in [2.24, 2.45) is 0 Å². The van der Waals surface area contributed by atoms with E-state index in [-0.39, 0.29) is 33.7 Å². The predicted octanol–water partition coefficient (Wildman–Crippen LogP) is 3.15. The van der Waals surface area contributed by atoms with Gasteiger partial charge in [0, 0.05) is 17.7 Å². The highest BCUT2D eigenvalue weighted by Gasteiger charge is 2.16. The molecule has 0 amide bonds. The second-order valence-corrected chi connectivity index (χ2v) is 4.85. The van der Waals surface area contributed by atoms with Gasteiger partial charge in [-0.15, -0.1) is 5.23 Å². The molecule has 0 spiro atoms. The summed E-state index contributed by atoms with van der Waals surface area (Å²) < 4.78 is 0. The SMILES string of the molecule is O=C(Cc1cc(Cl)c(N([O-])[O-])cc1N(O)O)c1ccccc1. The highest BCUT2D eigenvalue weighted by atomic mass is 35.5. The number of Topliss-reactive ketones (excluding diaryl/α,β-unsaturated/α-hetero) is 1. The van der Waals surface area contributed by atoms with Crippen molar-refractivity contribution in [3.05, 3.63) is 69.0 Å². The highest BCUT2D eigenvalue weighted by Crippen LogP contribution is 2.33. The number of nitrogens with zero attached hydrogens (tertiary/aromatic N) is 2. The first kappa shape index (κ1) is 16.2. The van der Waals surface area contributed by atoms with Crippen molar-refractivity contribution in [3.63, 3.8) is 0 Å². The smallest absolute Gasteiger partial charge is 0.167 e. The van der Waals surface area contributed by atoms with Crippen molar-refractivity contribution in [2.45, 2.75) is 6.42 Å². The van der Waals surface area contributed by atoms with Gasteiger partial charge in [0.25, 0.3) is 0 Å². The second-order valence-electron chi connectivity index (χ2n) is 4.44. The Kier molecular flexibility index (Phi) is 4.96. The van der Waals surface area contributed by atoms with Gasteiger partial charge in [-0.05, 0) is 17.7 Å². The first-order valence-corrected chi connectivity index (χ1v) is 6.51. The molecule has 22 heavy (non-hydrogen) atoms. The molecule has 2 N–H and O–H groups in total. The van der Waals surface area contributed by atoms with Crippen LogP contribution in [0.25, 0.3) is 0 Å². The van der Waals surface area contributed by atoms with Crippen LogP contribution in [0.4, 0.5) is 11.4 Å². The van der Waals surface area contributed by atoms with E-state index in [1.165, 1.54) is 6.07 Å². The van der Waals surface area contributed by atoms with Crippen molar-refractivity contribution in [2.75, 3.05) is 10.5 Å². The highest BCUT2D eigenvalue weighted by molar-refractivity contribution is 6.33. The molecule has 0 fully saturated rings. The van der Waals surface area contributed by atoms with Crippen LogP contribution in [0, 0.1) is 10.4 Å². The van der Waals surface area contributed by atoms with Crippen LogP contribution < -0.4 is 10.5 Å². The normalized spacial score (nSPS) is 10.4. The molecule has 0 bridgehead atoms. The van der Waals surface area contributed by atoms with E-state index in [4.69, 9.17) is 11.6 Å². The number of rotatable bonds is 5. The number of hydrogen-bond donors (Lipinski definition) is 2. The lowest BCUT2D eigenvalue weighted by Gasteiger charge is -2.38. The number of anilines is 2. The Balaban J connectivity index is 2.38. The number of halogens is 1. The van der Waals surface area contributed by atoms with Crippen LogP contribution in [0.2, 0.25) is 5.02 Å². The van der Waals surface area contributed by atoms with Crippen LogP contribution in [-0.4, -0.2) is 16.2 Å². The van der Waals surface area contributed by atoms with Crippen LogP contribution in [0.3, 0.4) is 0 Å². The topological polar surface area (TPSA) is 110 Å². The van der Waals surface area contributed by atoms with Gasteiger partial charge in [-0.1, -0.05) is 41.9 Å². The van der Waals surface area contributed by atoms with Gasteiger partial charge in [0.15, 0.2) is 5.78 Å². The summed E-state index contributed by atoms with van der Waals surface area (Å²) in [5.41, 5.74) is -0.166. The molecule has 116 valence electrons. The summed E-state index contributed by atoms with van der Waals surface area (Å²) in [5.74, 6) is -0.284. The average molecular weight is 323 g/mol. The van der Waals surface area contributed by atoms with Crippen LogP contribution in [0.15, 0.2) is 42.5 Å². The van der Waals surface area contributed by atoms with Gasteiger partial charge >= 0.3 is 0 Å². The molecule has 2 rings (SSSR count). The Morgan fingerprint density at radius 2 is 1.73 bits per heavy atom. The van der Waals surface area contributed by atoms with E-state index in [1.807, 2.05) is 0 Å². The number of ketones is 1. The fourth-order valence-corrected chi connectivity index (χ4v) is 2.21. The van der Waals surface area contributed by atoms with E-state index < -0.39 is 10.9 Å². The van der Waals surface area contributed by atoms with Crippen LogP contribution in [-0.2, 0) is 6.42 Å². The van der Waals surface area contributed by atoms with Crippen LogP contribution in [0.1, 0.15) is 15.9 Å². The molecule has 0 saturated heterocycles. The minimum atomic E-state index is -0.752. The summed E-state index contributed by atoms with van der Waals surface area (Å²) in [6, 6.07) is 10.5. The molecule has 2 aromatic rings. The molecule has 8 heteroatoms. The molecule has 0 aromatic heterocycles. The van der Waals surface area contributed by atoms with E-state index in [1.54, 1.807) is 30.3 Å². The van der Waals surface area contributed by atoms with Crippen molar-refractivity contribution in [1.82, 2.24) is 0 Å². The molecule has 2 aromatic carbocycles. The third kappa shape index (κ3) is 3.53. The lowest BCUT2D eigenvalue weighted by atomic mass is 10.0. The number of carbonyl (C=O) groups excluding carboxylic acids is 1. The molecule has 0 aliphatic heterocycles. The summed E-state index contributed by atoms with van der Waals surface area (Å²) in [7, 11) is 0. The van der Waals surface area contributed by atoms with E-state index >= 15 is 0 Å². The lowest BCUT2D eigenvalue weighted by Crippen LogP contribution is -2.16. The minimum Gasteiger partial charge on any atom is -0.769 e. The molecule has 0 atom stereocenters. The second kappa shape index (κ2) is 6.73. The van der Waals surface area contributed by atoms with Crippen molar-refractivity contribution in [1.29, 1.82) is 0 Å². The Morgan fingerprint density at radius 3 is 2.27 bits per heavy atom. The molecule has 0 unspecified atom stereocenters. The zero-order chi connectivity index (χ0) is 16.3. The van der Waals surface area contributed by atoms with E-state index in [9.17, 15) is 25.6 Å². The average Bonchev–Trinajstić information content (AvgIpc) is 2.47. The molecule has 0 saturated carbocycles. The molecular weight excluding hydrogens is 312 g/mol. The van der Waals surface area contributed by atoms with Gasteiger partial charge in [0.05, 0.1) is 10.7 Å². The summed E-state index contributed by atoms with van der Waals surface area (Å²) in [6.07, 6.45) is -0.186. The summed E-state index contributed by atoms with van der Waals surface area (Å²) in [4.78, 5) is 12.2. The van der Waals surface area contributed by atoms with Crippen molar-refractivity contribution < 1.29 is 15.2 Å². The zero-order valence-corrected chi connectivity index (χ0v) is 11.9. The maximum absolute atomic E-state index is 12.2. The Morgan fingerprint density at radius 1 is 1.09 bits per heavy atom. The number of carbonyl (C=O) groups is 1. The van der Waals surface area contributed by atoms with Crippen molar-refractivity contribution in [3.8, 4) is 0 Å². The van der Waals surface area contributed by atoms with Crippen LogP contribution >= 0.6 is 11.6 Å². The Labute approximate surface area is 130 Å². The minimum absolute atomic E-state index is 0.162. The van der Waals surface area contributed by atoms with E-state index in [2.05, 4.69) is 0 Å². The van der Waals surface area contributed by atoms with Gasteiger partial charge in [0.1, 0.15) is 0 Å². The zero-order valence-electron chi connectivity index (χ0n) is 11.1. The molecule has 0 aliphatic carbocycles.